The maximum atomic E-state index is 12.0. The first-order valence-electron chi connectivity index (χ1n) is 9.33. The van der Waals surface area contributed by atoms with Crippen LogP contribution in [0.2, 0.25) is 0 Å². The zero-order chi connectivity index (χ0) is 19.6. The van der Waals surface area contributed by atoms with Crippen molar-refractivity contribution in [3.63, 3.8) is 0 Å². The molecule has 2 aromatic rings. The average molecular weight is 375 g/mol. The van der Waals surface area contributed by atoms with Crippen molar-refractivity contribution in [2.24, 2.45) is 5.92 Å². The molecule has 0 bridgehead atoms. The summed E-state index contributed by atoms with van der Waals surface area (Å²) in [6.45, 7) is 7.20. The van der Waals surface area contributed by atoms with Crippen LogP contribution in [0.25, 0.3) is 0 Å². The molecule has 0 fully saturated rings. The number of ether oxygens (including phenoxy) is 2. The van der Waals surface area contributed by atoms with E-state index in [0.29, 0.717) is 55.8 Å². The molecule has 0 aliphatic rings. The van der Waals surface area contributed by atoms with Crippen LogP contribution in [0.5, 0.6) is 11.5 Å². The Hall–Kier alpha value is -2.57. The molecule has 1 heterocycles. The Kier molecular flexibility index (Phi) is 8.10. The first kappa shape index (κ1) is 20.7. The van der Waals surface area contributed by atoms with Crippen LogP contribution in [0.3, 0.4) is 0 Å². The Morgan fingerprint density at radius 3 is 2.78 bits per heavy atom. The van der Waals surface area contributed by atoms with E-state index in [1.807, 2.05) is 18.2 Å². The fourth-order valence-corrected chi connectivity index (χ4v) is 2.48. The lowest BCUT2D eigenvalue weighted by Gasteiger charge is -2.13. The SMILES string of the molecule is COc1cc(CNC(=O)CCCc2nc(C)no2)ccc1OCCC(C)C. The molecular weight excluding hydrogens is 346 g/mol. The van der Waals surface area contributed by atoms with Gasteiger partial charge in [0.1, 0.15) is 0 Å². The van der Waals surface area contributed by atoms with Crippen LogP contribution < -0.4 is 14.8 Å². The second-order valence-corrected chi connectivity index (χ2v) is 6.88. The Labute approximate surface area is 160 Å². The summed E-state index contributed by atoms with van der Waals surface area (Å²) in [5.74, 6) is 3.16. The number of hydrogen-bond donors (Lipinski definition) is 1. The highest BCUT2D eigenvalue weighted by molar-refractivity contribution is 5.75. The molecule has 0 spiro atoms. The van der Waals surface area contributed by atoms with E-state index < -0.39 is 0 Å². The number of carbonyl (C=O) groups excluding carboxylic acids is 1. The molecule has 1 amide bonds. The molecule has 2 rings (SSSR count). The summed E-state index contributed by atoms with van der Waals surface area (Å²) in [5, 5.41) is 6.65. The number of nitrogens with one attached hydrogen (secondary N) is 1. The van der Waals surface area contributed by atoms with Gasteiger partial charge >= 0.3 is 0 Å². The summed E-state index contributed by atoms with van der Waals surface area (Å²) in [6.07, 6.45) is 2.67. The maximum absolute atomic E-state index is 12.0. The molecule has 0 radical (unpaired) electrons. The molecule has 1 aromatic carbocycles. The van der Waals surface area contributed by atoms with Gasteiger partial charge in [0.25, 0.3) is 0 Å². The molecule has 0 atom stereocenters. The molecule has 7 nitrogen and oxygen atoms in total. The third-order valence-corrected chi connectivity index (χ3v) is 4.03. The van der Waals surface area contributed by atoms with E-state index in [0.717, 1.165) is 17.7 Å². The smallest absolute Gasteiger partial charge is 0.226 e. The van der Waals surface area contributed by atoms with Gasteiger partial charge in [-0.05, 0) is 43.4 Å². The number of aromatic nitrogens is 2. The Morgan fingerprint density at radius 2 is 2.11 bits per heavy atom. The quantitative estimate of drug-likeness (QED) is 0.647. The van der Waals surface area contributed by atoms with Crippen LogP contribution >= 0.6 is 0 Å². The van der Waals surface area contributed by atoms with Crippen molar-refractivity contribution >= 4 is 5.91 Å². The topological polar surface area (TPSA) is 86.5 Å². The van der Waals surface area contributed by atoms with Crippen LogP contribution in [0, 0.1) is 12.8 Å². The summed E-state index contributed by atoms with van der Waals surface area (Å²) in [5.41, 5.74) is 0.962. The highest BCUT2D eigenvalue weighted by atomic mass is 16.5. The van der Waals surface area contributed by atoms with Gasteiger partial charge in [0, 0.05) is 19.4 Å². The number of methoxy groups -OCH3 is 1. The molecule has 27 heavy (non-hydrogen) atoms. The summed E-state index contributed by atoms with van der Waals surface area (Å²) >= 11 is 0. The standard InChI is InChI=1S/C20H29N3O4/c1-14(2)10-11-26-17-9-8-16(12-18(17)25-4)13-21-19(24)6-5-7-20-22-15(3)23-27-20/h8-9,12,14H,5-7,10-11,13H2,1-4H3,(H,21,24). The molecule has 7 heteroatoms. The maximum Gasteiger partial charge on any atom is 0.226 e. The van der Waals surface area contributed by atoms with E-state index in [9.17, 15) is 4.79 Å². The Balaban J connectivity index is 1.76. The van der Waals surface area contributed by atoms with Crippen LogP contribution in [0.15, 0.2) is 22.7 Å². The van der Waals surface area contributed by atoms with Crippen molar-refractivity contribution in [3.05, 3.63) is 35.5 Å². The van der Waals surface area contributed by atoms with Crippen molar-refractivity contribution in [3.8, 4) is 11.5 Å². The highest BCUT2D eigenvalue weighted by Gasteiger charge is 2.09. The van der Waals surface area contributed by atoms with Crippen LogP contribution in [0.1, 0.15) is 50.4 Å². The lowest BCUT2D eigenvalue weighted by atomic mass is 10.1. The van der Waals surface area contributed by atoms with Gasteiger partial charge in [-0.3, -0.25) is 4.79 Å². The van der Waals surface area contributed by atoms with Crippen molar-refractivity contribution in [2.75, 3.05) is 13.7 Å². The van der Waals surface area contributed by atoms with Gasteiger partial charge < -0.3 is 19.3 Å². The molecule has 1 aromatic heterocycles. The first-order chi connectivity index (χ1) is 13.0. The predicted molar refractivity (Wildman–Crippen MR) is 102 cm³/mol. The van der Waals surface area contributed by atoms with E-state index in [2.05, 4.69) is 29.3 Å². The third-order valence-electron chi connectivity index (χ3n) is 4.03. The highest BCUT2D eigenvalue weighted by Crippen LogP contribution is 2.28. The summed E-state index contributed by atoms with van der Waals surface area (Å²) < 4.78 is 16.2. The van der Waals surface area contributed by atoms with E-state index in [1.54, 1.807) is 14.0 Å². The summed E-state index contributed by atoms with van der Waals surface area (Å²) in [4.78, 5) is 16.1. The van der Waals surface area contributed by atoms with Crippen molar-refractivity contribution in [2.45, 2.75) is 53.0 Å². The van der Waals surface area contributed by atoms with E-state index in [1.165, 1.54) is 0 Å². The summed E-state index contributed by atoms with van der Waals surface area (Å²) in [7, 11) is 1.62. The van der Waals surface area contributed by atoms with Gasteiger partial charge in [0.2, 0.25) is 11.8 Å². The van der Waals surface area contributed by atoms with Gasteiger partial charge in [-0.1, -0.05) is 25.1 Å². The van der Waals surface area contributed by atoms with Crippen molar-refractivity contribution < 1.29 is 18.8 Å². The zero-order valence-electron chi connectivity index (χ0n) is 16.6. The lowest BCUT2D eigenvalue weighted by molar-refractivity contribution is -0.121. The van der Waals surface area contributed by atoms with Crippen LogP contribution in [0.4, 0.5) is 0 Å². The average Bonchev–Trinajstić information content (AvgIpc) is 3.05. The van der Waals surface area contributed by atoms with Crippen molar-refractivity contribution in [1.29, 1.82) is 0 Å². The third kappa shape index (κ3) is 7.29. The minimum atomic E-state index is -0.0116. The number of hydrogen-bond acceptors (Lipinski definition) is 6. The number of nitrogens with zero attached hydrogens (tertiary/aromatic N) is 2. The van der Waals surface area contributed by atoms with Gasteiger partial charge in [-0.15, -0.1) is 0 Å². The Morgan fingerprint density at radius 1 is 1.30 bits per heavy atom. The second-order valence-electron chi connectivity index (χ2n) is 6.88. The van der Waals surface area contributed by atoms with E-state index in [4.69, 9.17) is 14.0 Å². The molecule has 0 saturated carbocycles. The minimum absolute atomic E-state index is 0.0116. The molecule has 148 valence electrons. The monoisotopic (exact) mass is 375 g/mol. The normalized spacial score (nSPS) is 10.9. The summed E-state index contributed by atoms with van der Waals surface area (Å²) in [6, 6.07) is 5.72. The van der Waals surface area contributed by atoms with Crippen molar-refractivity contribution in [1.82, 2.24) is 15.5 Å². The molecule has 0 saturated heterocycles. The van der Waals surface area contributed by atoms with Gasteiger partial charge in [-0.2, -0.15) is 4.98 Å². The van der Waals surface area contributed by atoms with Crippen LogP contribution in [-0.2, 0) is 17.8 Å². The number of rotatable bonds is 11. The molecular formula is C20H29N3O4. The Bertz CT molecular complexity index is 728. The molecule has 0 aliphatic heterocycles. The number of amides is 1. The van der Waals surface area contributed by atoms with E-state index >= 15 is 0 Å². The molecule has 0 unspecified atom stereocenters. The van der Waals surface area contributed by atoms with Crippen LogP contribution in [-0.4, -0.2) is 29.8 Å². The molecule has 0 aliphatic carbocycles. The van der Waals surface area contributed by atoms with Gasteiger partial charge in [-0.25, -0.2) is 0 Å². The van der Waals surface area contributed by atoms with Gasteiger partial charge in [0.05, 0.1) is 13.7 Å². The number of benzene rings is 1. The number of carbonyl (C=O) groups is 1. The second kappa shape index (κ2) is 10.5. The molecule has 1 N–H and O–H groups in total. The zero-order valence-corrected chi connectivity index (χ0v) is 16.6. The van der Waals surface area contributed by atoms with Gasteiger partial charge in [0.15, 0.2) is 17.3 Å². The minimum Gasteiger partial charge on any atom is -0.493 e. The largest absolute Gasteiger partial charge is 0.493 e. The fourth-order valence-electron chi connectivity index (χ4n) is 2.48. The van der Waals surface area contributed by atoms with E-state index in [-0.39, 0.29) is 5.91 Å². The lowest BCUT2D eigenvalue weighted by Crippen LogP contribution is -2.22. The number of aryl methyl sites for hydroxylation is 2. The predicted octanol–water partition coefficient (Wildman–Crippen LogP) is 3.45. The fraction of sp³-hybridized carbons (Fsp3) is 0.550. The first-order valence-corrected chi connectivity index (χ1v) is 9.33.